The Balaban J connectivity index is 1.85. The lowest BCUT2D eigenvalue weighted by molar-refractivity contribution is -0.137. The quantitative estimate of drug-likeness (QED) is 0.228. The molecular formula is C30H34BF4NO4. The first-order valence-electron chi connectivity index (χ1n) is 12.9. The van der Waals surface area contributed by atoms with Gasteiger partial charge in [0.2, 0.25) is 0 Å². The van der Waals surface area contributed by atoms with E-state index < -0.39 is 41.4 Å². The molecule has 1 aliphatic heterocycles. The highest BCUT2D eigenvalue weighted by Gasteiger charge is 2.54. The largest absolute Gasteiger partial charge is 0.497 e. The molecule has 0 aromatic heterocycles. The van der Waals surface area contributed by atoms with Gasteiger partial charge in [0.15, 0.2) is 0 Å². The summed E-state index contributed by atoms with van der Waals surface area (Å²) in [5.41, 5.74) is -1.95. The normalized spacial score (nSPS) is 16.2. The molecule has 0 aliphatic carbocycles. The lowest BCUT2D eigenvalue weighted by Crippen LogP contribution is -2.41. The van der Waals surface area contributed by atoms with Crippen LogP contribution in [0.15, 0.2) is 54.6 Å². The van der Waals surface area contributed by atoms with Gasteiger partial charge < -0.3 is 23.7 Å². The summed E-state index contributed by atoms with van der Waals surface area (Å²) in [7, 11) is 1.79. The Kier molecular flexibility index (Phi) is 8.16. The molecule has 0 atom stereocenters. The molecule has 4 rings (SSSR count). The molecule has 0 spiro atoms. The van der Waals surface area contributed by atoms with E-state index in [2.05, 4.69) is 0 Å². The van der Waals surface area contributed by atoms with E-state index in [1.54, 1.807) is 71.1 Å². The summed E-state index contributed by atoms with van der Waals surface area (Å²) in [6.07, 6.45) is -4.82. The third-order valence-electron chi connectivity index (χ3n) is 7.71. The maximum Gasteiger partial charge on any atom is 0.495 e. The average molecular weight is 559 g/mol. The lowest BCUT2D eigenvalue weighted by atomic mass is 9.74. The van der Waals surface area contributed by atoms with E-state index in [0.29, 0.717) is 11.5 Å². The summed E-state index contributed by atoms with van der Waals surface area (Å²) in [5.74, 6) is 0.365. The van der Waals surface area contributed by atoms with E-state index >= 15 is 4.39 Å². The molecule has 40 heavy (non-hydrogen) atoms. The number of halogens is 4. The molecular weight excluding hydrogens is 525 g/mol. The first-order chi connectivity index (χ1) is 18.7. The zero-order chi connectivity index (χ0) is 29.5. The van der Waals surface area contributed by atoms with Crippen LogP contribution in [0.3, 0.4) is 0 Å². The van der Waals surface area contributed by atoms with Gasteiger partial charge in [-0.2, -0.15) is 13.2 Å². The molecule has 1 fully saturated rings. The highest BCUT2D eigenvalue weighted by molar-refractivity contribution is 6.63. The Hall–Kier alpha value is -3.24. The van der Waals surface area contributed by atoms with Crippen molar-refractivity contribution in [1.82, 2.24) is 0 Å². The van der Waals surface area contributed by atoms with Crippen LogP contribution in [0.25, 0.3) is 0 Å². The van der Waals surface area contributed by atoms with Crippen molar-refractivity contribution >= 4 is 18.3 Å². The molecule has 0 N–H and O–H groups in total. The molecule has 10 heteroatoms. The van der Waals surface area contributed by atoms with Gasteiger partial charge in [0.1, 0.15) is 17.3 Å². The standard InChI is InChI=1S/C30H34BF4NO4/c1-19-26(30(33,34)35)24(31-39-28(2,3)29(4,5)40-31)16-25(27(19)32)36(17-20-8-12-22(37-6)13-9-20)18-21-10-14-23(38-7)15-11-21/h8-16H,17-18H2,1-7H3. The van der Waals surface area contributed by atoms with E-state index in [0.717, 1.165) is 18.1 Å². The summed E-state index contributed by atoms with van der Waals surface area (Å²) in [4.78, 5) is 1.71. The van der Waals surface area contributed by atoms with Crippen LogP contribution in [0.4, 0.5) is 23.2 Å². The zero-order valence-corrected chi connectivity index (χ0v) is 23.8. The highest BCUT2D eigenvalue weighted by Crippen LogP contribution is 2.41. The average Bonchev–Trinajstić information content (AvgIpc) is 3.11. The van der Waals surface area contributed by atoms with Gasteiger partial charge in [-0.15, -0.1) is 0 Å². The summed E-state index contributed by atoms with van der Waals surface area (Å²) >= 11 is 0. The number of hydrogen-bond acceptors (Lipinski definition) is 5. The first-order valence-corrected chi connectivity index (χ1v) is 12.9. The Labute approximate surface area is 233 Å². The van der Waals surface area contributed by atoms with Gasteiger partial charge in [-0.25, -0.2) is 4.39 Å². The SMILES string of the molecule is COc1ccc(CN(Cc2ccc(OC)cc2)c2cc(B3OC(C)(C)C(C)(C)O3)c(C(F)(F)F)c(C)c2F)cc1. The van der Waals surface area contributed by atoms with E-state index in [1.165, 1.54) is 6.07 Å². The summed E-state index contributed by atoms with van der Waals surface area (Å²) in [6.45, 7) is 8.64. The molecule has 0 bridgehead atoms. The minimum atomic E-state index is -4.82. The third-order valence-corrected chi connectivity index (χ3v) is 7.71. The second-order valence-corrected chi connectivity index (χ2v) is 10.9. The Morgan fingerprint density at radius 2 is 1.23 bits per heavy atom. The molecule has 0 radical (unpaired) electrons. The minimum absolute atomic E-state index is 0.0156. The van der Waals surface area contributed by atoms with E-state index in [9.17, 15) is 13.2 Å². The van der Waals surface area contributed by atoms with E-state index in [4.69, 9.17) is 18.8 Å². The maximum atomic E-state index is 16.0. The first kappa shape index (κ1) is 29.7. The van der Waals surface area contributed by atoms with Crippen molar-refractivity contribution < 1.29 is 36.3 Å². The number of anilines is 1. The topological polar surface area (TPSA) is 40.2 Å². The fourth-order valence-electron chi connectivity index (χ4n) is 4.69. The number of rotatable bonds is 8. The molecule has 1 heterocycles. The zero-order valence-electron chi connectivity index (χ0n) is 23.8. The summed E-state index contributed by atoms with van der Waals surface area (Å²) < 4.78 is 81.6. The second kappa shape index (κ2) is 11.0. The second-order valence-electron chi connectivity index (χ2n) is 10.9. The summed E-state index contributed by atoms with van der Waals surface area (Å²) in [5, 5.41) is 0. The molecule has 0 unspecified atom stereocenters. The smallest absolute Gasteiger partial charge is 0.495 e. The highest BCUT2D eigenvalue weighted by atomic mass is 19.4. The molecule has 3 aromatic rings. The van der Waals surface area contributed by atoms with Crippen molar-refractivity contribution in [2.75, 3.05) is 19.1 Å². The van der Waals surface area contributed by atoms with Crippen molar-refractivity contribution in [2.45, 2.75) is 65.1 Å². The van der Waals surface area contributed by atoms with Crippen LogP contribution >= 0.6 is 0 Å². The molecule has 3 aromatic carbocycles. The van der Waals surface area contributed by atoms with Gasteiger partial charge in [-0.05, 0) is 87.1 Å². The molecule has 0 amide bonds. The van der Waals surface area contributed by atoms with E-state index in [1.807, 2.05) is 24.3 Å². The number of methoxy groups -OCH3 is 2. The number of nitrogens with zero attached hydrogens (tertiary/aromatic N) is 1. The van der Waals surface area contributed by atoms with Gasteiger partial charge >= 0.3 is 13.3 Å². The van der Waals surface area contributed by atoms with Crippen LogP contribution in [0.5, 0.6) is 11.5 Å². The van der Waals surface area contributed by atoms with Crippen molar-refractivity contribution in [1.29, 1.82) is 0 Å². The third kappa shape index (κ3) is 5.93. The van der Waals surface area contributed by atoms with Crippen LogP contribution < -0.4 is 19.8 Å². The number of alkyl halides is 3. The van der Waals surface area contributed by atoms with Crippen molar-refractivity contribution in [3.8, 4) is 11.5 Å². The van der Waals surface area contributed by atoms with Gasteiger partial charge in [0.05, 0.1) is 36.7 Å². The Morgan fingerprint density at radius 1 is 0.800 bits per heavy atom. The Bertz CT molecular complexity index is 1280. The van der Waals surface area contributed by atoms with Crippen molar-refractivity contribution in [3.05, 3.63) is 82.7 Å². The predicted octanol–water partition coefficient (Wildman–Crippen LogP) is 6.68. The van der Waals surface area contributed by atoms with Crippen LogP contribution in [0.2, 0.25) is 0 Å². The predicted molar refractivity (Wildman–Crippen MR) is 148 cm³/mol. The molecule has 1 saturated heterocycles. The number of ether oxygens (including phenoxy) is 2. The van der Waals surface area contributed by atoms with Crippen molar-refractivity contribution in [2.24, 2.45) is 0 Å². The van der Waals surface area contributed by atoms with Crippen LogP contribution in [-0.4, -0.2) is 32.5 Å². The fourth-order valence-corrected chi connectivity index (χ4v) is 4.69. The lowest BCUT2D eigenvalue weighted by Gasteiger charge is -2.32. The summed E-state index contributed by atoms with van der Waals surface area (Å²) in [6, 6.07) is 15.7. The molecule has 214 valence electrons. The number of hydrogen-bond donors (Lipinski definition) is 0. The van der Waals surface area contributed by atoms with E-state index in [-0.39, 0.29) is 24.2 Å². The number of benzene rings is 3. The molecule has 0 saturated carbocycles. The fraction of sp³-hybridized carbons (Fsp3) is 0.400. The molecule has 1 aliphatic rings. The van der Waals surface area contributed by atoms with Gasteiger partial charge in [0.25, 0.3) is 0 Å². The van der Waals surface area contributed by atoms with Crippen LogP contribution in [-0.2, 0) is 28.6 Å². The van der Waals surface area contributed by atoms with Gasteiger partial charge in [0, 0.05) is 13.1 Å². The monoisotopic (exact) mass is 559 g/mol. The van der Waals surface area contributed by atoms with Crippen LogP contribution in [0.1, 0.15) is 49.9 Å². The molecule has 5 nitrogen and oxygen atoms in total. The van der Waals surface area contributed by atoms with Crippen LogP contribution in [0, 0.1) is 12.7 Å². The van der Waals surface area contributed by atoms with Crippen molar-refractivity contribution in [3.63, 3.8) is 0 Å². The minimum Gasteiger partial charge on any atom is -0.497 e. The maximum absolute atomic E-state index is 16.0. The van der Waals surface area contributed by atoms with Gasteiger partial charge in [-0.3, -0.25) is 0 Å². The van der Waals surface area contributed by atoms with Gasteiger partial charge in [-0.1, -0.05) is 24.3 Å². The Morgan fingerprint density at radius 3 is 1.60 bits per heavy atom.